The van der Waals surface area contributed by atoms with E-state index in [1.807, 2.05) is 0 Å². The van der Waals surface area contributed by atoms with E-state index in [0.717, 1.165) is 0 Å². The molecular formula is C12H12O6Zn. The number of hydrogen-bond donors (Lipinski definition) is 2. The Bertz CT molecular complexity index is 504. The van der Waals surface area contributed by atoms with Gasteiger partial charge in [-0.2, -0.15) is 0 Å². The fourth-order valence-electron chi connectivity index (χ4n) is 1.10. The third-order valence-corrected chi connectivity index (χ3v) is 1.90. The summed E-state index contributed by atoms with van der Waals surface area (Å²) in [7, 11) is 0. The van der Waals surface area contributed by atoms with Crippen LogP contribution in [0.15, 0.2) is 33.1 Å². The molecule has 0 amide bonds. The van der Waals surface area contributed by atoms with Crippen LogP contribution in [0.4, 0.5) is 0 Å². The van der Waals surface area contributed by atoms with E-state index in [-0.39, 0.29) is 31.0 Å². The van der Waals surface area contributed by atoms with E-state index in [2.05, 4.69) is 0 Å². The molecule has 0 unspecified atom stereocenters. The summed E-state index contributed by atoms with van der Waals surface area (Å²) in [6, 6.07) is 6.09. The zero-order chi connectivity index (χ0) is 13.7. The van der Waals surface area contributed by atoms with Crippen molar-refractivity contribution in [1.82, 2.24) is 0 Å². The molecule has 2 rings (SSSR count). The molecule has 0 saturated heterocycles. The van der Waals surface area contributed by atoms with Crippen LogP contribution in [0.3, 0.4) is 0 Å². The van der Waals surface area contributed by atoms with Gasteiger partial charge in [0.25, 0.3) is 0 Å². The first kappa shape index (κ1) is 17.1. The van der Waals surface area contributed by atoms with Crippen LogP contribution in [0.1, 0.15) is 32.6 Å². The molecule has 0 bridgehead atoms. The van der Waals surface area contributed by atoms with Gasteiger partial charge in [-0.25, -0.2) is 9.59 Å². The van der Waals surface area contributed by atoms with Crippen molar-refractivity contribution in [3.05, 3.63) is 47.3 Å². The second-order valence-electron chi connectivity index (χ2n) is 3.43. The SMILES string of the molecule is Cc1ccc(C(=O)O)o1.Cc1ccc(C(=O)O)o1.[Zn]. The standard InChI is InChI=1S/2C6H6O3.Zn/c2*1-4-2-3-5(9-4)6(7)8;/h2*2-3H,1H3,(H,7,8);. The predicted molar refractivity (Wildman–Crippen MR) is 60.8 cm³/mol. The van der Waals surface area contributed by atoms with Crippen molar-refractivity contribution in [3.63, 3.8) is 0 Å². The number of aromatic carboxylic acids is 2. The summed E-state index contributed by atoms with van der Waals surface area (Å²) in [5.74, 6) is -0.828. The molecule has 2 heterocycles. The van der Waals surface area contributed by atoms with Crippen LogP contribution in [0.2, 0.25) is 0 Å². The van der Waals surface area contributed by atoms with Crippen LogP contribution in [0.5, 0.6) is 0 Å². The fourth-order valence-corrected chi connectivity index (χ4v) is 1.10. The Morgan fingerprint density at radius 1 is 0.842 bits per heavy atom. The van der Waals surface area contributed by atoms with Gasteiger partial charge in [0.1, 0.15) is 11.5 Å². The Labute approximate surface area is 121 Å². The van der Waals surface area contributed by atoms with E-state index in [1.54, 1.807) is 26.0 Å². The van der Waals surface area contributed by atoms with E-state index < -0.39 is 11.9 Å². The molecule has 2 N–H and O–H groups in total. The van der Waals surface area contributed by atoms with Crippen LogP contribution in [-0.4, -0.2) is 22.2 Å². The molecule has 0 aromatic carbocycles. The maximum atomic E-state index is 10.1. The molecule has 0 fully saturated rings. The Morgan fingerprint density at radius 3 is 1.26 bits per heavy atom. The first-order chi connectivity index (χ1) is 8.40. The van der Waals surface area contributed by atoms with Gasteiger partial charge >= 0.3 is 11.9 Å². The zero-order valence-electron chi connectivity index (χ0n) is 10.5. The Hall–Kier alpha value is -1.88. The van der Waals surface area contributed by atoms with Gasteiger partial charge in [-0.3, -0.25) is 0 Å². The van der Waals surface area contributed by atoms with Crippen molar-refractivity contribution in [2.45, 2.75) is 13.8 Å². The van der Waals surface area contributed by atoms with Crippen LogP contribution in [0, 0.1) is 13.8 Å². The number of furan rings is 2. The second kappa shape index (κ2) is 7.53. The molecule has 19 heavy (non-hydrogen) atoms. The van der Waals surface area contributed by atoms with Crippen LogP contribution in [0.25, 0.3) is 0 Å². The number of carbonyl (C=O) groups is 2. The van der Waals surface area contributed by atoms with Crippen molar-refractivity contribution in [3.8, 4) is 0 Å². The summed E-state index contributed by atoms with van der Waals surface area (Å²) in [6.45, 7) is 3.40. The van der Waals surface area contributed by atoms with E-state index in [1.165, 1.54) is 12.1 Å². The van der Waals surface area contributed by atoms with E-state index in [4.69, 9.17) is 19.0 Å². The van der Waals surface area contributed by atoms with Crippen molar-refractivity contribution in [1.29, 1.82) is 0 Å². The average molecular weight is 318 g/mol. The van der Waals surface area contributed by atoms with Crippen molar-refractivity contribution < 1.29 is 48.1 Å². The Morgan fingerprint density at radius 2 is 1.16 bits per heavy atom. The van der Waals surface area contributed by atoms with E-state index in [9.17, 15) is 9.59 Å². The van der Waals surface area contributed by atoms with Crippen molar-refractivity contribution in [2.75, 3.05) is 0 Å². The number of carboxylic acids is 2. The number of aryl methyl sites for hydroxylation is 2. The van der Waals surface area contributed by atoms with Gasteiger partial charge in [0, 0.05) is 19.5 Å². The molecule has 0 atom stereocenters. The molecule has 6 nitrogen and oxygen atoms in total. The van der Waals surface area contributed by atoms with Crippen LogP contribution in [-0.2, 0) is 19.5 Å². The molecule has 98 valence electrons. The summed E-state index contributed by atoms with van der Waals surface area (Å²) >= 11 is 0. The summed E-state index contributed by atoms with van der Waals surface area (Å²) in [5.41, 5.74) is 0. The molecule has 2 aromatic rings. The van der Waals surface area contributed by atoms with E-state index >= 15 is 0 Å². The van der Waals surface area contributed by atoms with Gasteiger partial charge in [-0.1, -0.05) is 0 Å². The number of rotatable bonds is 2. The predicted octanol–water partition coefficient (Wildman–Crippen LogP) is 2.57. The average Bonchev–Trinajstić information content (AvgIpc) is 2.88. The monoisotopic (exact) mass is 316 g/mol. The molecule has 0 aliphatic rings. The Kier molecular flexibility index (Phi) is 6.79. The molecule has 0 aliphatic heterocycles. The maximum absolute atomic E-state index is 10.1. The molecule has 0 spiro atoms. The van der Waals surface area contributed by atoms with Crippen molar-refractivity contribution >= 4 is 11.9 Å². The molecule has 0 aliphatic carbocycles. The van der Waals surface area contributed by atoms with E-state index in [0.29, 0.717) is 11.5 Å². The minimum absolute atomic E-state index is 0. The van der Waals surface area contributed by atoms with Gasteiger partial charge in [0.05, 0.1) is 0 Å². The summed E-state index contributed by atoms with van der Waals surface area (Å²) in [5, 5.41) is 16.6. The minimum atomic E-state index is -1.02. The molecule has 0 saturated carbocycles. The number of carboxylic acid groups (broad SMARTS) is 2. The van der Waals surface area contributed by atoms with Gasteiger partial charge < -0.3 is 19.0 Å². The second-order valence-corrected chi connectivity index (χ2v) is 3.43. The van der Waals surface area contributed by atoms with Gasteiger partial charge in [-0.05, 0) is 38.1 Å². The smallest absolute Gasteiger partial charge is 0.371 e. The fraction of sp³-hybridized carbons (Fsp3) is 0.167. The first-order valence-corrected chi connectivity index (χ1v) is 4.99. The summed E-state index contributed by atoms with van der Waals surface area (Å²) < 4.78 is 9.49. The first-order valence-electron chi connectivity index (χ1n) is 4.99. The largest absolute Gasteiger partial charge is 0.475 e. The zero-order valence-corrected chi connectivity index (χ0v) is 13.5. The molecular weight excluding hydrogens is 306 g/mol. The summed E-state index contributed by atoms with van der Waals surface area (Å²) in [6.07, 6.45) is 0. The minimum Gasteiger partial charge on any atom is -0.475 e. The summed E-state index contributed by atoms with van der Waals surface area (Å²) in [4.78, 5) is 20.2. The van der Waals surface area contributed by atoms with Gasteiger partial charge in [0.2, 0.25) is 11.5 Å². The van der Waals surface area contributed by atoms with Crippen molar-refractivity contribution in [2.24, 2.45) is 0 Å². The number of hydrogen-bond acceptors (Lipinski definition) is 4. The maximum Gasteiger partial charge on any atom is 0.371 e. The molecule has 0 radical (unpaired) electrons. The normalized spacial score (nSPS) is 8.95. The van der Waals surface area contributed by atoms with Gasteiger partial charge in [0.15, 0.2) is 0 Å². The van der Waals surface area contributed by atoms with Crippen LogP contribution < -0.4 is 0 Å². The van der Waals surface area contributed by atoms with Crippen LogP contribution >= 0.6 is 0 Å². The Balaban J connectivity index is 0.000000324. The van der Waals surface area contributed by atoms with Gasteiger partial charge in [-0.15, -0.1) is 0 Å². The molecule has 7 heteroatoms. The molecule has 2 aromatic heterocycles. The third kappa shape index (κ3) is 5.53. The quantitative estimate of drug-likeness (QED) is 0.826. The third-order valence-electron chi connectivity index (χ3n) is 1.90. The topological polar surface area (TPSA) is 101 Å².